The number of aliphatic carboxylic acids is 1. The van der Waals surface area contributed by atoms with Gasteiger partial charge in [0.1, 0.15) is 0 Å². The molecule has 1 aliphatic rings. The van der Waals surface area contributed by atoms with Crippen molar-refractivity contribution in [1.29, 1.82) is 0 Å². The molecule has 25 heavy (non-hydrogen) atoms. The van der Waals surface area contributed by atoms with Crippen molar-refractivity contribution < 1.29 is 23.1 Å². The summed E-state index contributed by atoms with van der Waals surface area (Å²) in [5.74, 6) is -1.10. The predicted molar refractivity (Wildman–Crippen MR) is 92.6 cm³/mol. The summed E-state index contributed by atoms with van der Waals surface area (Å²) in [5.41, 5.74) is 0.716. The molecule has 7 nitrogen and oxygen atoms in total. The molecule has 2 rings (SSSR count). The molecule has 0 atom stereocenters. The van der Waals surface area contributed by atoms with Crippen LogP contribution in [-0.2, 0) is 26.0 Å². The van der Waals surface area contributed by atoms with Gasteiger partial charge in [-0.05, 0) is 37.0 Å². The van der Waals surface area contributed by atoms with Gasteiger partial charge in [0, 0.05) is 26.1 Å². The normalized spacial score (nSPS) is 15.7. The number of carbonyl (C=O) groups is 2. The fraction of sp³-hybridized carbons (Fsp3) is 0.529. The van der Waals surface area contributed by atoms with Crippen LogP contribution in [0.15, 0.2) is 29.2 Å². The van der Waals surface area contributed by atoms with Crippen LogP contribution in [0.2, 0.25) is 0 Å². The minimum absolute atomic E-state index is 0.0172. The third-order valence-electron chi connectivity index (χ3n) is 4.13. The van der Waals surface area contributed by atoms with E-state index < -0.39 is 16.0 Å². The summed E-state index contributed by atoms with van der Waals surface area (Å²) in [6.07, 6.45) is 3.37. The Hall–Kier alpha value is -1.93. The van der Waals surface area contributed by atoms with E-state index in [1.165, 1.54) is 16.4 Å². The average molecular weight is 368 g/mol. The Bertz CT molecular complexity index is 694. The highest BCUT2D eigenvalue weighted by atomic mass is 32.2. The summed E-state index contributed by atoms with van der Waals surface area (Å²) in [7, 11) is -3.46. The lowest BCUT2D eigenvalue weighted by atomic mass is 10.1. The van der Waals surface area contributed by atoms with E-state index in [1.54, 1.807) is 12.1 Å². The number of piperidine rings is 1. The number of carboxylic acids is 1. The number of amides is 1. The van der Waals surface area contributed by atoms with Crippen LogP contribution in [0.1, 0.15) is 37.7 Å². The summed E-state index contributed by atoms with van der Waals surface area (Å²) < 4.78 is 26.6. The minimum Gasteiger partial charge on any atom is -0.481 e. The van der Waals surface area contributed by atoms with E-state index in [1.807, 2.05) is 0 Å². The third kappa shape index (κ3) is 5.82. The summed E-state index contributed by atoms with van der Waals surface area (Å²) in [5, 5.41) is 11.2. The number of carbonyl (C=O) groups excluding carboxylic acids is 1. The molecule has 2 N–H and O–H groups in total. The van der Waals surface area contributed by atoms with Crippen LogP contribution in [0, 0.1) is 0 Å². The van der Waals surface area contributed by atoms with E-state index in [2.05, 4.69) is 5.32 Å². The lowest BCUT2D eigenvalue weighted by Gasteiger charge is -2.25. The SMILES string of the molecule is O=C(O)CCCNC(=O)Cc1ccc(S(=O)(=O)N2CCCCC2)cc1. The topological polar surface area (TPSA) is 104 Å². The number of rotatable bonds is 8. The van der Waals surface area contributed by atoms with Crippen molar-refractivity contribution in [1.82, 2.24) is 9.62 Å². The first-order valence-electron chi connectivity index (χ1n) is 8.47. The standard InChI is InChI=1S/C17H24N2O5S/c20-16(18-10-4-5-17(21)22)13-14-6-8-15(9-7-14)25(23,24)19-11-2-1-3-12-19/h6-9H,1-5,10-13H2,(H,18,20)(H,21,22). The van der Waals surface area contributed by atoms with Crippen LogP contribution < -0.4 is 5.32 Å². The predicted octanol–water partition coefficient (Wildman–Crippen LogP) is 1.38. The van der Waals surface area contributed by atoms with Gasteiger partial charge >= 0.3 is 5.97 Å². The monoisotopic (exact) mass is 368 g/mol. The van der Waals surface area contributed by atoms with Gasteiger partial charge in [-0.15, -0.1) is 0 Å². The summed E-state index contributed by atoms with van der Waals surface area (Å²) in [4.78, 5) is 22.4. The number of benzene rings is 1. The molecule has 138 valence electrons. The zero-order valence-electron chi connectivity index (χ0n) is 14.1. The Morgan fingerprint density at radius 2 is 1.72 bits per heavy atom. The molecule has 1 fully saturated rings. The van der Waals surface area contributed by atoms with Crippen LogP contribution in [0.4, 0.5) is 0 Å². The Kier molecular flexibility index (Phi) is 6.95. The molecular weight excluding hydrogens is 344 g/mol. The van der Waals surface area contributed by atoms with Crippen molar-refractivity contribution in [2.75, 3.05) is 19.6 Å². The molecule has 0 unspecified atom stereocenters. The molecule has 0 bridgehead atoms. The molecule has 1 aromatic rings. The van der Waals surface area contributed by atoms with Crippen molar-refractivity contribution in [2.24, 2.45) is 0 Å². The van der Waals surface area contributed by atoms with E-state index in [9.17, 15) is 18.0 Å². The molecule has 8 heteroatoms. The van der Waals surface area contributed by atoms with E-state index in [-0.39, 0.29) is 23.6 Å². The van der Waals surface area contributed by atoms with Gasteiger partial charge in [-0.3, -0.25) is 9.59 Å². The van der Waals surface area contributed by atoms with E-state index in [0.717, 1.165) is 19.3 Å². The first-order chi connectivity index (χ1) is 11.9. The number of sulfonamides is 1. The minimum atomic E-state index is -3.46. The van der Waals surface area contributed by atoms with Crippen molar-refractivity contribution in [3.8, 4) is 0 Å². The maximum Gasteiger partial charge on any atom is 0.303 e. The Labute approximate surface area is 148 Å². The maximum atomic E-state index is 12.5. The Balaban J connectivity index is 1.88. The van der Waals surface area contributed by atoms with Crippen molar-refractivity contribution >= 4 is 21.9 Å². The van der Waals surface area contributed by atoms with Gasteiger partial charge in [0.05, 0.1) is 11.3 Å². The third-order valence-corrected chi connectivity index (χ3v) is 6.04. The van der Waals surface area contributed by atoms with Crippen LogP contribution >= 0.6 is 0 Å². The summed E-state index contributed by atoms with van der Waals surface area (Å²) >= 11 is 0. The van der Waals surface area contributed by atoms with Crippen LogP contribution in [-0.4, -0.2) is 49.3 Å². The lowest BCUT2D eigenvalue weighted by molar-refractivity contribution is -0.137. The highest BCUT2D eigenvalue weighted by molar-refractivity contribution is 7.89. The molecule has 1 aliphatic heterocycles. The number of nitrogens with one attached hydrogen (secondary N) is 1. The molecule has 0 aliphatic carbocycles. The van der Waals surface area contributed by atoms with Crippen molar-refractivity contribution in [2.45, 2.75) is 43.4 Å². The quantitative estimate of drug-likeness (QED) is 0.675. The van der Waals surface area contributed by atoms with Gasteiger partial charge in [0.25, 0.3) is 0 Å². The van der Waals surface area contributed by atoms with Crippen LogP contribution in [0.5, 0.6) is 0 Å². The molecular formula is C17H24N2O5S. The smallest absolute Gasteiger partial charge is 0.303 e. The largest absolute Gasteiger partial charge is 0.481 e. The lowest BCUT2D eigenvalue weighted by Crippen LogP contribution is -2.35. The highest BCUT2D eigenvalue weighted by Crippen LogP contribution is 2.20. The second-order valence-corrected chi connectivity index (χ2v) is 8.07. The highest BCUT2D eigenvalue weighted by Gasteiger charge is 2.25. The number of hydrogen-bond donors (Lipinski definition) is 2. The van der Waals surface area contributed by atoms with Gasteiger partial charge in [0.2, 0.25) is 15.9 Å². The Morgan fingerprint density at radius 3 is 2.32 bits per heavy atom. The van der Waals surface area contributed by atoms with E-state index in [0.29, 0.717) is 31.6 Å². The van der Waals surface area contributed by atoms with Gasteiger partial charge in [0.15, 0.2) is 0 Å². The second kappa shape index (κ2) is 8.96. The maximum absolute atomic E-state index is 12.5. The molecule has 0 aromatic heterocycles. The number of hydrogen-bond acceptors (Lipinski definition) is 4. The molecule has 1 aromatic carbocycles. The zero-order chi connectivity index (χ0) is 18.3. The Morgan fingerprint density at radius 1 is 1.08 bits per heavy atom. The second-order valence-electron chi connectivity index (χ2n) is 6.13. The van der Waals surface area contributed by atoms with Crippen LogP contribution in [0.3, 0.4) is 0 Å². The van der Waals surface area contributed by atoms with Crippen molar-refractivity contribution in [3.63, 3.8) is 0 Å². The van der Waals surface area contributed by atoms with Gasteiger partial charge in [-0.25, -0.2) is 8.42 Å². The fourth-order valence-corrected chi connectivity index (χ4v) is 4.27. The average Bonchev–Trinajstić information content (AvgIpc) is 2.60. The fourth-order valence-electron chi connectivity index (χ4n) is 2.75. The molecule has 0 spiro atoms. The summed E-state index contributed by atoms with van der Waals surface area (Å²) in [6.45, 7) is 1.43. The van der Waals surface area contributed by atoms with E-state index >= 15 is 0 Å². The first-order valence-corrected chi connectivity index (χ1v) is 9.91. The zero-order valence-corrected chi connectivity index (χ0v) is 14.9. The molecule has 1 heterocycles. The van der Waals surface area contributed by atoms with Gasteiger partial charge < -0.3 is 10.4 Å². The van der Waals surface area contributed by atoms with Crippen LogP contribution in [0.25, 0.3) is 0 Å². The molecule has 1 saturated heterocycles. The van der Waals surface area contributed by atoms with Gasteiger partial charge in [-0.2, -0.15) is 4.31 Å². The number of carboxylic acid groups (broad SMARTS) is 1. The summed E-state index contributed by atoms with van der Waals surface area (Å²) in [6, 6.07) is 6.37. The molecule has 0 radical (unpaired) electrons. The number of nitrogens with zero attached hydrogens (tertiary/aromatic N) is 1. The first kappa shape index (κ1) is 19.4. The van der Waals surface area contributed by atoms with Crippen molar-refractivity contribution in [3.05, 3.63) is 29.8 Å². The van der Waals surface area contributed by atoms with Gasteiger partial charge in [-0.1, -0.05) is 18.6 Å². The molecule has 1 amide bonds. The molecule has 0 saturated carbocycles. The van der Waals surface area contributed by atoms with E-state index in [4.69, 9.17) is 5.11 Å².